The lowest BCUT2D eigenvalue weighted by atomic mass is 9.76. The molecule has 0 amide bonds. The van der Waals surface area contributed by atoms with Crippen LogP contribution in [0.2, 0.25) is 0 Å². The first kappa shape index (κ1) is 12.8. The largest absolute Gasteiger partial charge is 0.396 e. The standard InChI is InChI=1S/C9H20O4/c10-5-1-9(2-6-11,3-7-12)4-8-13/h10-13H,1-8H2. The molecule has 0 aliphatic carbocycles. The summed E-state index contributed by atoms with van der Waals surface area (Å²) in [6, 6.07) is 0. The highest BCUT2D eigenvalue weighted by atomic mass is 16.3. The summed E-state index contributed by atoms with van der Waals surface area (Å²) in [6.45, 7) is 0.111. The predicted octanol–water partition coefficient (Wildman–Crippen LogP) is -0.498. The molecule has 4 heteroatoms. The lowest BCUT2D eigenvalue weighted by Gasteiger charge is -2.31. The summed E-state index contributed by atoms with van der Waals surface area (Å²) in [5.41, 5.74) is -0.299. The van der Waals surface area contributed by atoms with Gasteiger partial charge in [0.15, 0.2) is 0 Å². The van der Waals surface area contributed by atoms with Gasteiger partial charge in [0, 0.05) is 26.4 Å². The Bertz CT molecular complexity index is 86.7. The molecule has 0 aromatic heterocycles. The van der Waals surface area contributed by atoms with Gasteiger partial charge in [0.05, 0.1) is 0 Å². The minimum atomic E-state index is -0.299. The molecule has 0 rings (SSSR count). The van der Waals surface area contributed by atoms with Crippen LogP contribution in [0.4, 0.5) is 0 Å². The van der Waals surface area contributed by atoms with Crippen LogP contribution in [-0.2, 0) is 0 Å². The fourth-order valence-corrected chi connectivity index (χ4v) is 1.70. The van der Waals surface area contributed by atoms with Crippen LogP contribution >= 0.6 is 0 Å². The van der Waals surface area contributed by atoms with Crippen molar-refractivity contribution in [1.82, 2.24) is 0 Å². The number of aliphatic hydroxyl groups is 4. The fourth-order valence-electron chi connectivity index (χ4n) is 1.70. The van der Waals surface area contributed by atoms with Gasteiger partial charge in [-0.2, -0.15) is 0 Å². The topological polar surface area (TPSA) is 80.9 Å². The van der Waals surface area contributed by atoms with Gasteiger partial charge in [0.2, 0.25) is 0 Å². The normalized spacial score (nSPS) is 12.0. The van der Waals surface area contributed by atoms with E-state index < -0.39 is 0 Å². The second kappa shape index (κ2) is 7.26. The highest BCUT2D eigenvalue weighted by Gasteiger charge is 2.27. The molecule has 0 atom stereocenters. The molecule has 4 N–H and O–H groups in total. The molecule has 0 saturated heterocycles. The Hall–Kier alpha value is -0.160. The van der Waals surface area contributed by atoms with Gasteiger partial charge in [-0.05, 0) is 31.1 Å². The van der Waals surface area contributed by atoms with Gasteiger partial charge in [0.1, 0.15) is 0 Å². The van der Waals surface area contributed by atoms with E-state index in [0.717, 1.165) is 0 Å². The van der Waals surface area contributed by atoms with Crippen molar-refractivity contribution in [3.63, 3.8) is 0 Å². The summed E-state index contributed by atoms with van der Waals surface area (Å²) in [5, 5.41) is 35.3. The zero-order valence-electron chi connectivity index (χ0n) is 7.95. The zero-order chi connectivity index (χ0) is 10.2. The summed E-state index contributed by atoms with van der Waals surface area (Å²) in [5.74, 6) is 0. The van der Waals surface area contributed by atoms with Crippen molar-refractivity contribution in [2.45, 2.75) is 25.7 Å². The first-order valence-corrected chi connectivity index (χ1v) is 4.68. The second-order valence-corrected chi connectivity index (χ2v) is 3.39. The molecule has 0 unspecified atom stereocenters. The molecule has 0 aromatic carbocycles. The lowest BCUT2D eigenvalue weighted by molar-refractivity contribution is 0.0727. The third kappa shape index (κ3) is 4.57. The first-order chi connectivity index (χ1) is 6.24. The third-order valence-electron chi connectivity index (χ3n) is 2.57. The van der Waals surface area contributed by atoms with E-state index in [-0.39, 0.29) is 31.8 Å². The van der Waals surface area contributed by atoms with E-state index in [1.54, 1.807) is 0 Å². The maximum Gasteiger partial charge on any atom is 0.0436 e. The Morgan fingerprint density at radius 1 is 0.538 bits per heavy atom. The summed E-state index contributed by atoms with van der Waals surface area (Å²) in [4.78, 5) is 0. The minimum Gasteiger partial charge on any atom is -0.396 e. The van der Waals surface area contributed by atoms with E-state index in [9.17, 15) is 0 Å². The van der Waals surface area contributed by atoms with Crippen LogP contribution in [0.1, 0.15) is 25.7 Å². The van der Waals surface area contributed by atoms with Crippen LogP contribution in [0.3, 0.4) is 0 Å². The molecule has 13 heavy (non-hydrogen) atoms. The number of rotatable bonds is 8. The highest BCUT2D eigenvalue weighted by Crippen LogP contribution is 2.33. The van der Waals surface area contributed by atoms with Crippen LogP contribution in [0.25, 0.3) is 0 Å². The lowest BCUT2D eigenvalue weighted by Crippen LogP contribution is -2.26. The van der Waals surface area contributed by atoms with Crippen LogP contribution in [0.15, 0.2) is 0 Å². The van der Waals surface area contributed by atoms with Crippen LogP contribution in [0, 0.1) is 5.41 Å². The van der Waals surface area contributed by atoms with E-state index in [2.05, 4.69) is 0 Å². The molecule has 0 aromatic rings. The zero-order valence-corrected chi connectivity index (χ0v) is 7.95. The molecular weight excluding hydrogens is 172 g/mol. The molecule has 0 aliphatic rings. The maximum atomic E-state index is 8.84. The van der Waals surface area contributed by atoms with Crippen LogP contribution in [-0.4, -0.2) is 46.9 Å². The van der Waals surface area contributed by atoms with Gasteiger partial charge in [-0.25, -0.2) is 0 Å². The summed E-state index contributed by atoms with van der Waals surface area (Å²) in [7, 11) is 0. The molecule has 80 valence electrons. The Morgan fingerprint density at radius 2 is 0.769 bits per heavy atom. The molecule has 4 nitrogen and oxygen atoms in total. The number of aliphatic hydroxyl groups excluding tert-OH is 4. The maximum absolute atomic E-state index is 8.84. The molecule has 0 bridgehead atoms. The summed E-state index contributed by atoms with van der Waals surface area (Å²) < 4.78 is 0. The monoisotopic (exact) mass is 192 g/mol. The Balaban J connectivity index is 4.19. The molecular formula is C9H20O4. The number of hydrogen-bond acceptors (Lipinski definition) is 4. The van der Waals surface area contributed by atoms with E-state index in [1.165, 1.54) is 0 Å². The second-order valence-electron chi connectivity index (χ2n) is 3.39. The number of hydrogen-bond donors (Lipinski definition) is 4. The Morgan fingerprint density at radius 3 is 0.923 bits per heavy atom. The Labute approximate surface area is 78.8 Å². The van der Waals surface area contributed by atoms with E-state index in [1.807, 2.05) is 0 Å². The first-order valence-electron chi connectivity index (χ1n) is 4.68. The molecule has 0 saturated carbocycles. The van der Waals surface area contributed by atoms with Crippen LogP contribution in [0.5, 0.6) is 0 Å². The van der Waals surface area contributed by atoms with Gasteiger partial charge >= 0.3 is 0 Å². The van der Waals surface area contributed by atoms with E-state index in [4.69, 9.17) is 20.4 Å². The van der Waals surface area contributed by atoms with Crippen molar-refractivity contribution in [2.24, 2.45) is 5.41 Å². The van der Waals surface area contributed by atoms with Gasteiger partial charge in [-0.15, -0.1) is 0 Å². The van der Waals surface area contributed by atoms with Crippen LogP contribution < -0.4 is 0 Å². The van der Waals surface area contributed by atoms with Gasteiger partial charge in [-0.1, -0.05) is 0 Å². The van der Waals surface area contributed by atoms with Crippen molar-refractivity contribution in [3.8, 4) is 0 Å². The fraction of sp³-hybridized carbons (Fsp3) is 1.00. The van der Waals surface area contributed by atoms with Gasteiger partial charge in [0.25, 0.3) is 0 Å². The minimum absolute atomic E-state index is 0.0278. The average molecular weight is 192 g/mol. The molecule has 0 radical (unpaired) electrons. The molecule has 0 spiro atoms. The summed E-state index contributed by atoms with van der Waals surface area (Å²) >= 11 is 0. The van der Waals surface area contributed by atoms with Crippen molar-refractivity contribution < 1.29 is 20.4 Å². The quantitative estimate of drug-likeness (QED) is 0.418. The molecule has 0 aliphatic heterocycles. The third-order valence-corrected chi connectivity index (χ3v) is 2.57. The Kier molecular flexibility index (Phi) is 7.17. The van der Waals surface area contributed by atoms with Gasteiger partial charge in [-0.3, -0.25) is 0 Å². The van der Waals surface area contributed by atoms with E-state index >= 15 is 0 Å². The van der Waals surface area contributed by atoms with Gasteiger partial charge < -0.3 is 20.4 Å². The van der Waals surface area contributed by atoms with Crippen molar-refractivity contribution >= 4 is 0 Å². The van der Waals surface area contributed by atoms with Crippen molar-refractivity contribution in [3.05, 3.63) is 0 Å². The molecule has 0 fully saturated rings. The van der Waals surface area contributed by atoms with E-state index in [0.29, 0.717) is 25.7 Å². The van der Waals surface area contributed by atoms with Crippen molar-refractivity contribution in [2.75, 3.05) is 26.4 Å². The molecule has 0 heterocycles. The predicted molar refractivity (Wildman–Crippen MR) is 49.2 cm³/mol. The smallest absolute Gasteiger partial charge is 0.0436 e. The van der Waals surface area contributed by atoms with Crippen molar-refractivity contribution in [1.29, 1.82) is 0 Å². The summed E-state index contributed by atoms with van der Waals surface area (Å²) in [6.07, 6.45) is 2.09. The SMILES string of the molecule is OCCC(CCO)(CCO)CCO. The highest BCUT2D eigenvalue weighted by molar-refractivity contribution is 4.78. The average Bonchev–Trinajstić information content (AvgIpc) is 2.06.